The third-order valence-electron chi connectivity index (χ3n) is 5.39. The fourth-order valence-corrected chi connectivity index (χ4v) is 3.65. The number of aromatic nitrogens is 4. The molecule has 0 radical (unpaired) electrons. The number of ketones is 2. The minimum absolute atomic E-state index is 0.0246. The molecule has 0 saturated heterocycles. The number of aromatic amines is 1. The van der Waals surface area contributed by atoms with Gasteiger partial charge in [0.15, 0.2) is 17.3 Å². The summed E-state index contributed by atoms with van der Waals surface area (Å²) in [7, 11) is 0. The van der Waals surface area contributed by atoms with E-state index in [0.29, 0.717) is 24.1 Å². The molecule has 0 fully saturated rings. The van der Waals surface area contributed by atoms with Crippen LogP contribution in [0.15, 0.2) is 79.4 Å². The Balaban J connectivity index is 1.59. The van der Waals surface area contributed by atoms with Gasteiger partial charge in [0.2, 0.25) is 5.82 Å². The molecule has 4 rings (SSSR count). The molecule has 0 saturated carbocycles. The van der Waals surface area contributed by atoms with Crippen LogP contribution in [0.4, 0.5) is 0 Å². The first-order valence-electron chi connectivity index (χ1n) is 10.6. The summed E-state index contributed by atoms with van der Waals surface area (Å²) >= 11 is 0. The molecule has 2 heterocycles. The molecular weight excluding hydrogens is 416 g/mol. The zero-order valence-corrected chi connectivity index (χ0v) is 18.2. The van der Waals surface area contributed by atoms with Crippen molar-refractivity contribution < 1.29 is 14.7 Å². The van der Waals surface area contributed by atoms with E-state index < -0.39 is 0 Å². The molecule has 2 aromatic heterocycles. The van der Waals surface area contributed by atoms with Gasteiger partial charge < -0.3 is 9.67 Å². The first-order chi connectivity index (χ1) is 16.0. The number of aryl methyl sites for hydroxylation is 2. The summed E-state index contributed by atoms with van der Waals surface area (Å²) in [6, 6.07) is 17.5. The predicted molar refractivity (Wildman–Crippen MR) is 125 cm³/mol. The van der Waals surface area contributed by atoms with Crippen molar-refractivity contribution in [1.29, 1.82) is 0 Å². The Kier molecular flexibility index (Phi) is 6.59. The van der Waals surface area contributed by atoms with Crippen molar-refractivity contribution in [1.82, 2.24) is 19.7 Å². The van der Waals surface area contributed by atoms with E-state index in [1.165, 1.54) is 11.9 Å². The summed E-state index contributed by atoms with van der Waals surface area (Å²) < 4.78 is 1.95. The van der Waals surface area contributed by atoms with Gasteiger partial charge in [-0.1, -0.05) is 54.6 Å². The van der Waals surface area contributed by atoms with Crippen LogP contribution in [0.2, 0.25) is 0 Å². The fourth-order valence-electron chi connectivity index (χ4n) is 3.65. The van der Waals surface area contributed by atoms with Crippen LogP contribution < -0.4 is 0 Å². The second-order valence-corrected chi connectivity index (χ2v) is 7.82. The van der Waals surface area contributed by atoms with E-state index in [1.54, 1.807) is 25.3 Å². The van der Waals surface area contributed by atoms with E-state index in [0.717, 1.165) is 23.6 Å². The number of nitrogens with one attached hydrogen (secondary N) is 1. The molecule has 0 bridgehead atoms. The van der Waals surface area contributed by atoms with Crippen LogP contribution in [0.1, 0.15) is 50.2 Å². The van der Waals surface area contributed by atoms with Crippen molar-refractivity contribution in [2.45, 2.75) is 26.3 Å². The zero-order chi connectivity index (χ0) is 23.2. The van der Waals surface area contributed by atoms with Gasteiger partial charge in [-0.15, -0.1) is 0 Å². The topological polar surface area (TPSA) is 101 Å². The lowest BCUT2D eigenvalue weighted by atomic mass is 10.0. The lowest BCUT2D eigenvalue weighted by Gasteiger charge is -2.04. The van der Waals surface area contributed by atoms with Gasteiger partial charge in [-0.2, -0.15) is 5.10 Å². The highest BCUT2D eigenvalue weighted by atomic mass is 16.3. The summed E-state index contributed by atoms with van der Waals surface area (Å²) in [6.07, 6.45) is 7.71. The minimum atomic E-state index is -0.314. The standard InChI is InChI=1S/C26H24N4O3/c1-18(31)21-10-8-20(9-11-21)14-30-15-22(12-7-19-5-3-2-4-6-19)23(16-30)24(32)13-25(33)26-27-17-28-29-26/h2-6,8-11,13,15-17,33H,7,12,14H2,1H3,(H,27,28,29). The average molecular weight is 441 g/mol. The average Bonchev–Trinajstić information content (AvgIpc) is 3.49. The number of Topliss-reactive ketones (excluding diaryl/α,β-unsaturated/α-hetero) is 1. The fraction of sp³-hybridized carbons (Fsp3) is 0.154. The molecule has 0 amide bonds. The first-order valence-corrected chi connectivity index (χ1v) is 10.6. The number of hydrogen-bond donors (Lipinski definition) is 2. The van der Waals surface area contributed by atoms with Gasteiger partial charge in [0.05, 0.1) is 0 Å². The molecule has 0 aliphatic carbocycles. The monoisotopic (exact) mass is 440 g/mol. The van der Waals surface area contributed by atoms with Gasteiger partial charge in [0, 0.05) is 36.1 Å². The van der Waals surface area contributed by atoms with Crippen LogP contribution in [0.3, 0.4) is 0 Å². The van der Waals surface area contributed by atoms with Crippen molar-refractivity contribution in [3.8, 4) is 0 Å². The highest BCUT2D eigenvalue weighted by Gasteiger charge is 2.16. The van der Waals surface area contributed by atoms with Gasteiger partial charge >= 0.3 is 0 Å². The normalized spacial score (nSPS) is 11.5. The number of carbonyl (C=O) groups excluding carboxylic acids is 2. The number of aliphatic hydroxyl groups excluding tert-OH is 1. The highest BCUT2D eigenvalue weighted by molar-refractivity contribution is 6.08. The molecule has 0 unspecified atom stereocenters. The van der Waals surface area contributed by atoms with E-state index in [1.807, 2.05) is 41.1 Å². The summed E-state index contributed by atoms with van der Waals surface area (Å²) in [5.74, 6) is -0.510. The molecule has 0 aliphatic heterocycles. The second-order valence-electron chi connectivity index (χ2n) is 7.82. The molecule has 2 aromatic carbocycles. The van der Waals surface area contributed by atoms with Gasteiger partial charge in [-0.25, -0.2) is 4.98 Å². The third-order valence-corrected chi connectivity index (χ3v) is 5.39. The molecule has 33 heavy (non-hydrogen) atoms. The molecule has 166 valence electrons. The van der Waals surface area contributed by atoms with Crippen molar-refractivity contribution in [3.05, 3.63) is 113 Å². The smallest absolute Gasteiger partial charge is 0.215 e. The van der Waals surface area contributed by atoms with E-state index in [2.05, 4.69) is 27.3 Å². The van der Waals surface area contributed by atoms with Crippen molar-refractivity contribution >= 4 is 17.3 Å². The predicted octanol–water partition coefficient (Wildman–Crippen LogP) is 4.42. The zero-order valence-electron chi connectivity index (χ0n) is 18.2. The van der Waals surface area contributed by atoms with Gasteiger partial charge in [0.25, 0.3) is 0 Å². The SMILES string of the molecule is CC(=O)c1ccc(Cn2cc(CCc3ccccc3)c(C(=O)C=C(O)c3nc[nH]n3)c2)cc1. The number of allylic oxidation sites excluding steroid dienone is 1. The molecule has 0 spiro atoms. The Bertz CT molecular complexity index is 1270. The van der Waals surface area contributed by atoms with Gasteiger partial charge in [-0.3, -0.25) is 14.7 Å². The third kappa shape index (κ3) is 5.51. The Morgan fingerprint density at radius 1 is 1.00 bits per heavy atom. The van der Waals surface area contributed by atoms with Crippen LogP contribution in [0.5, 0.6) is 0 Å². The summed E-state index contributed by atoms with van der Waals surface area (Å²) in [5, 5.41) is 16.5. The number of hydrogen-bond acceptors (Lipinski definition) is 5. The summed E-state index contributed by atoms with van der Waals surface area (Å²) in [6.45, 7) is 2.10. The summed E-state index contributed by atoms with van der Waals surface area (Å²) in [5.41, 5.74) is 4.28. The largest absolute Gasteiger partial charge is 0.504 e. The van der Waals surface area contributed by atoms with Gasteiger partial charge in [-0.05, 0) is 36.5 Å². The summed E-state index contributed by atoms with van der Waals surface area (Å²) in [4.78, 5) is 28.4. The Labute approximate surface area is 191 Å². The number of rotatable bonds is 9. The van der Waals surface area contributed by atoms with Crippen LogP contribution in [0.25, 0.3) is 5.76 Å². The van der Waals surface area contributed by atoms with Gasteiger partial charge in [0.1, 0.15) is 6.33 Å². The van der Waals surface area contributed by atoms with Crippen LogP contribution in [-0.4, -0.2) is 36.4 Å². The molecule has 0 atom stereocenters. The van der Waals surface area contributed by atoms with E-state index in [4.69, 9.17) is 0 Å². The quantitative estimate of drug-likeness (QED) is 0.228. The number of aliphatic hydroxyl groups is 1. The molecule has 7 nitrogen and oxygen atoms in total. The van der Waals surface area contributed by atoms with Crippen molar-refractivity contribution in [2.75, 3.05) is 0 Å². The Morgan fingerprint density at radius 2 is 1.76 bits per heavy atom. The maximum absolute atomic E-state index is 13.0. The number of carbonyl (C=O) groups is 2. The Morgan fingerprint density at radius 3 is 2.42 bits per heavy atom. The second kappa shape index (κ2) is 9.91. The Hall–Kier alpha value is -4.26. The van der Waals surface area contributed by atoms with E-state index >= 15 is 0 Å². The molecular formula is C26H24N4O3. The molecule has 7 heteroatoms. The lowest BCUT2D eigenvalue weighted by Crippen LogP contribution is -2.01. The van der Waals surface area contributed by atoms with Crippen molar-refractivity contribution in [2.24, 2.45) is 0 Å². The lowest BCUT2D eigenvalue weighted by molar-refractivity contribution is 0.101. The van der Waals surface area contributed by atoms with Crippen LogP contribution >= 0.6 is 0 Å². The molecule has 4 aromatic rings. The van der Waals surface area contributed by atoms with Crippen LogP contribution in [0, 0.1) is 0 Å². The number of H-pyrrole nitrogens is 1. The first kappa shape index (κ1) is 22.0. The minimum Gasteiger partial charge on any atom is -0.504 e. The maximum Gasteiger partial charge on any atom is 0.215 e. The van der Waals surface area contributed by atoms with E-state index in [-0.39, 0.29) is 23.2 Å². The van der Waals surface area contributed by atoms with Crippen molar-refractivity contribution in [3.63, 3.8) is 0 Å². The molecule has 2 N–H and O–H groups in total. The number of nitrogens with zero attached hydrogens (tertiary/aromatic N) is 3. The number of benzene rings is 2. The van der Waals surface area contributed by atoms with E-state index in [9.17, 15) is 14.7 Å². The maximum atomic E-state index is 13.0. The highest BCUT2D eigenvalue weighted by Crippen LogP contribution is 2.19. The molecule has 0 aliphatic rings. The van der Waals surface area contributed by atoms with Crippen LogP contribution in [-0.2, 0) is 19.4 Å².